The number of aromatic amines is 1. The van der Waals surface area contributed by atoms with Crippen LogP contribution in [0.3, 0.4) is 0 Å². The van der Waals surface area contributed by atoms with Crippen molar-refractivity contribution >= 4 is 28.2 Å². The third-order valence-corrected chi connectivity index (χ3v) is 3.85. The zero-order valence-corrected chi connectivity index (χ0v) is 13.4. The fourth-order valence-corrected chi connectivity index (χ4v) is 2.76. The maximum absolute atomic E-state index is 12.5. The standard InChI is InChI=1S/C18H17ClN2O2/c1-11(22)10-20-17-16(12-5-3-2-4-6-12)14-9-13(19)7-8-15(14)21-18(17)23/h2-9,11,20,22H,10H2,1H3,(H,21,23). The van der Waals surface area contributed by atoms with Crippen molar-refractivity contribution in [1.82, 2.24) is 4.98 Å². The minimum Gasteiger partial charge on any atom is -0.392 e. The van der Waals surface area contributed by atoms with Gasteiger partial charge in [-0.2, -0.15) is 0 Å². The number of aliphatic hydroxyl groups is 1. The lowest BCUT2D eigenvalue weighted by molar-refractivity contribution is 0.208. The van der Waals surface area contributed by atoms with E-state index in [2.05, 4.69) is 10.3 Å². The van der Waals surface area contributed by atoms with Gasteiger partial charge in [-0.1, -0.05) is 41.9 Å². The minimum absolute atomic E-state index is 0.223. The molecule has 2 aromatic carbocycles. The zero-order valence-electron chi connectivity index (χ0n) is 12.6. The molecule has 0 radical (unpaired) electrons. The average Bonchev–Trinajstić information content (AvgIpc) is 2.53. The van der Waals surface area contributed by atoms with Crippen molar-refractivity contribution in [2.24, 2.45) is 0 Å². The van der Waals surface area contributed by atoms with Crippen LogP contribution in [0.15, 0.2) is 53.3 Å². The van der Waals surface area contributed by atoms with Gasteiger partial charge in [0.2, 0.25) is 0 Å². The molecule has 3 N–H and O–H groups in total. The van der Waals surface area contributed by atoms with E-state index in [0.717, 1.165) is 22.0 Å². The molecule has 0 spiro atoms. The normalized spacial score (nSPS) is 12.3. The summed E-state index contributed by atoms with van der Waals surface area (Å²) in [6.45, 7) is 1.95. The first-order valence-corrected chi connectivity index (χ1v) is 7.77. The molecule has 0 aliphatic carbocycles. The molecule has 0 amide bonds. The zero-order chi connectivity index (χ0) is 16.4. The van der Waals surface area contributed by atoms with Crippen LogP contribution in [0.25, 0.3) is 22.0 Å². The second kappa shape index (κ2) is 6.44. The maximum atomic E-state index is 12.5. The Bertz CT molecular complexity index is 889. The molecule has 1 unspecified atom stereocenters. The molecule has 5 heteroatoms. The predicted molar refractivity (Wildman–Crippen MR) is 95.2 cm³/mol. The summed E-state index contributed by atoms with van der Waals surface area (Å²) in [5.74, 6) is 0. The molecule has 3 aromatic rings. The van der Waals surface area contributed by atoms with Gasteiger partial charge < -0.3 is 15.4 Å². The predicted octanol–water partition coefficient (Wildman–Crippen LogP) is 3.64. The van der Waals surface area contributed by atoms with E-state index >= 15 is 0 Å². The van der Waals surface area contributed by atoms with Gasteiger partial charge in [0.15, 0.2) is 0 Å². The van der Waals surface area contributed by atoms with E-state index in [1.165, 1.54) is 0 Å². The fourth-order valence-electron chi connectivity index (χ4n) is 2.59. The Hall–Kier alpha value is -2.30. The Labute approximate surface area is 138 Å². The average molecular weight is 329 g/mol. The number of anilines is 1. The maximum Gasteiger partial charge on any atom is 0.272 e. The number of hydrogen-bond donors (Lipinski definition) is 3. The van der Waals surface area contributed by atoms with Gasteiger partial charge >= 0.3 is 0 Å². The number of benzene rings is 2. The monoisotopic (exact) mass is 328 g/mol. The molecule has 118 valence electrons. The van der Waals surface area contributed by atoms with Crippen molar-refractivity contribution in [2.75, 3.05) is 11.9 Å². The number of H-pyrrole nitrogens is 1. The first-order chi connectivity index (χ1) is 11.1. The van der Waals surface area contributed by atoms with Crippen LogP contribution in [0.4, 0.5) is 5.69 Å². The first kappa shape index (κ1) is 15.6. The van der Waals surface area contributed by atoms with Gasteiger partial charge in [0, 0.05) is 28.0 Å². The van der Waals surface area contributed by atoms with Gasteiger partial charge in [-0.3, -0.25) is 4.79 Å². The number of halogens is 1. The molecule has 1 heterocycles. The van der Waals surface area contributed by atoms with E-state index in [-0.39, 0.29) is 12.1 Å². The van der Waals surface area contributed by atoms with Gasteiger partial charge in [-0.15, -0.1) is 0 Å². The number of aliphatic hydroxyl groups excluding tert-OH is 1. The minimum atomic E-state index is -0.562. The number of fused-ring (bicyclic) bond motifs is 1. The number of rotatable bonds is 4. The third-order valence-electron chi connectivity index (χ3n) is 3.61. The molecule has 4 nitrogen and oxygen atoms in total. The van der Waals surface area contributed by atoms with E-state index in [0.29, 0.717) is 10.7 Å². The summed E-state index contributed by atoms with van der Waals surface area (Å²) in [4.78, 5) is 15.4. The lowest BCUT2D eigenvalue weighted by atomic mass is 9.99. The molecule has 0 aliphatic heterocycles. The molecule has 3 rings (SSSR count). The molecule has 0 fully saturated rings. The molecule has 0 bridgehead atoms. The highest BCUT2D eigenvalue weighted by molar-refractivity contribution is 6.31. The lowest BCUT2D eigenvalue weighted by Gasteiger charge is -2.15. The summed E-state index contributed by atoms with van der Waals surface area (Å²) in [5, 5.41) is 14.0. The van der Waals surface area contributed by atoms with Gasteiger partial charge in [0.05, 0.1) is 6.10 Å². The summed E-state index contributed by atoms with van der Waals surface area (Å²) < 4.78 is 0. The molecule has 0 saturated carbocycles. The molecule has 1 aromatic heterocycles. The molecule has 23 heavy (non-hydrogen) atoms. The summed E-state index contributed by atoms with van der Waals surface area (Å²) in [5.41, 5.74) is 2.64. The van der Waals surface area contributed by atoms with Crippen LogP contribution >= 0.6 is 11.6 Å². The molecular formula is C18H17ClN2O2. The van der Waals surface area contributed by atoms with Gasteiger partial charge in [-0.25, -0.2) is 0 Å². The Morgan fingerprint density at radius 3 is 2.65 bits per heavy atom. The molecular weight excluding hydrogens is 312 g/mol. The van der Waals surface area contributed by atoms with E-state index < -0.39 is 6.10 Å². The van der Waals surface area contributed by atoms with Gasteiger partial charge in [-0.05, 0) is 30.7 Å². The molecule has 0 saturated heterocycles. The largest absolute Gasteiger partial charge is 0.392 e. The second-order valence-corrected chi connectivity index (χ2v) is 5.93. The number of hydrogen-bond acceptors (Lipinski definition) is 3. The van der Waals surface area contributed by atoms with Crippen LogP contribution in [-0.2, 0) is 0 Å². The highest BCUT2D eigenvalue weighted by Gasteiger charge is 2.15. The number of nitrogens with one attached hydrogen (secondary N) is 2. The smallest absolute Gasteiger partial charge is 0.272 e. The fraction of sp³-hybridized carbons (Fsp3) is 0.167. The van der Waals surface area contributed by atoms with Crippen LogP contribution in [0.5, 0.6) is 0 Å². The van der Waals surface area contributed by atoms with E-state index in [9.17, 15) is 9.90 Å². The summed E-state index contributed by atoms with van der Waals surface area (Å²) in [7, 11) is 0. The Morgan fingerprint density at radius 2 is 1.96 bits per heavy atom. The third kappa shape index (κ3) is 3.23. The van der Waals surface area contributed by atoms with Crippen molar-refractivity contribution in [2.45, 2.75) is 13.0 Å². The van der Waals surface area contributed by atoms with Crippen LogP contribution in [0.1, 0.15) is 6.92 Å². The van der Waals surface area contributed by atoms with Crippen molar-refractivity contribution in [3.63, 3.8) is 0 Å². The number of aromatic nitrogens is 1. The summed E-state index contributed by atoms with van der Waals surface area (Å²) in [6, 6.07) is 15.0. The Kier molecular flexibility index (Phi) is 4.37. The second-order valence-electron chi connectivity index (χ2n) is 5.49. The first-order valence-electron chi connectivity index (χ1n) is 7.39. The van der Waals surface area contributed by atoms with E-state index in [1.54, 1.807) is 19.1 Å². The molecule has 0 aliphatic rings. The van der Waals surface area contributed by atoms with Crippen LogP contribution in [-0.4, -0.2) is 22.7 Å². The highest BCUT2D eigenvalue weighted by atomic mass is 35.5. The topological polar surface area (TPSA) is 65.1 Å². The summed E-state index contributed by atoms with van der Waals surface area (Å²) in [6.07, 6.45) is -0.562. The van der Waals surface area contributed by atoms with Crippen molar-refractivity contribution in [3.05, 3.63) is 63.9 Å². The summed E-state index contributed by atoms with van der Waals surface area (Å²) >= 11 is 6.15. The van der Waals surface area contributed by atoms with E-state index in [4.69, 9.17) is 11.6 Å². The highest BCUT2D eigenvalue weighted by Crippen LogP contribution is 2.33. The van der Waals surface area contributed by atoms with Gasteiger partial charge in [0.25, 0.3) is 5.56 Å². The van der Waals surface area contributed by atoms with Crippen LogP contribution in [0, 0.1) is 0 Å². The quantitative estimate of drug-likeness (QED) is 0.685. The molecule has 1 atom stereocenters. The van der Waals surface area contributed by atoms with Crippen molar-refractivity contribution < 1.29 is 5.11 Å². The van der Waals surface area contributed by atoms with Crippen molar-refractivity contribution in [1.29, 1.82) is 0 Å². The van der Waals surface area contributed by atoms with Crippen LogP contribution in [0.2, 0.25) is 5.02 Å². The van der Waals surface area contributed by atoms with E-state index in [1.807, 2.05) is 36.4 Å². The lowest BCUT2D eigenvalue weighted by Crippen LogP contribution is -2.22. The number of pyridine rings is 1. The SMILES string of the molecule is CC(O)CNc1c(-c2ccccc2)c2cc(Cl)ccc2[nH]c1=O. The van der Waals surface area contributed by atoms with Crippen molar-refractivity contribution in [3.8, 4) is 11.1 Å². The Morgan fingerprint density at radius 1 is 1.22 bits per heavy atom. The Balaban J connectivity index is 2.32. The van der Waals surface area contributed by atoms with Crippen LogP contribution < -0.4 is 10.9 Å². The van der Waals surface area contributed by atoms with Gasteiger partial charge in [0.1, 0.15) is 5.69 Å².